The summed E-state index contributed by atoms with van der Waals surface area (Å²) in [6.45, 7) is 6.97. The lowest BCUT2D eigenvalue weighted by Gasteiger charge is -2.33. The molecule has 0 bridgehead atoms. The third kappa shape index (κ3) is 2.71. The Kier molecular flexibility index (Phi) is 4.07. The van der Waals surface area contributed by atoms with E-state index in [0.29, 0.717) is 5.92 Å². The van der Waals surface area contributed by atoms with Crippen molar-refractivity contribution in [3.8, 4) is 0 Å². The number of aryl methyl sites for hydroxylation is 1. The van der Waals surface area contributed by atoms with Crippen LogP contribution in [0.25, 0.3) is 0 Å². The predicted octanol–water partition coefficient (Wildman–Crippen LogP) is 6.91. The second-order valence-electron chi connectivity index (χ2n) is 10.4. The molecule has 2 saturated carbocycles. The molecule has 0 N–H and O–H groups in total. The summed E-state index contributed by atoms with van der Waals surface area (Å²) in [6.07, 6.45) is 1.87. The van der Waals surface area contributed by atoms with Crippen LogP contribution in [0.3, 0.4) is 0 Å². The molecule has 1 saturated heterocycles. The minimum Gasteiger partial charge on any atom is -0.339 e. The van der Waals surface area contributed by atoms with Gasteiger partial charge in [-0.3, -0.25) is 0 Å². The zero-order valence-corrected chi connectivity index (χ0v) is 18.5. The molecule has 6 rings (SSSR count). The fraction of sp³-hybridized carbons (Fsp3) is 0.379. The topological polar surface area (TPSA) is 18.5 Å². The first-order chi connectivity index (χ1) is 15.0. The SMILES string of the molecule is Cc1ccc([C@@]23C[C@@H]2C2(CC3(C)C)O[C@H](c3ccccc3)[C@@H](c3ccccc3)O2)cc1. The summed E-state index contributed by atoms with van der Waals surface area (Å²) < 4.78 is 14.0. The van der Waals surface area contributed by atoms with Crippen LogP contribution in [-0.2, 0) is 14.9 Å². The van der Waals surface area contributed by atoms with E-state index in [0.717, 1.165) is 12.8 Å². The minimum atomic E-state index is -0.532. The molecule has 2 aliphatic carbocycles. The first kappa shape index (κ1) is 19.3. The Morgan fingerprint density at radius 2 is 1.23 bits per heavy atom. The number of hydrogen-bond donors (Lipinski definition) is 0. The van der Waals surface area contributed by atoms with Crippen LogP contribution in [0.4, 0.5) is 0 Å². The molecule has 2 nitrogen and oxygen atoms in total. The van der Waals surface area contributed by atoms with Crippen LogP contribution in [0.2, 0.25) is 0 Å². The highest BCUT2D eigenvalue weighted by molar-refractivity contribution is 5.44. The summed E-state index contributed by atoms with van der Waals surface area (Å²) in [5, 5.41) is 0. The van der Waals surface area contributed by atoms with Gasteiger partial charge in [0.05, 0.1) is 0 Å². The number of benzene rings is 3. The van der Waals surface area contributed by atoms with Crippen molar-refractivity contribution >= 4 is 0 Å². The van der Waals surface area contributed by atoms with Gasteiger partial charge in [0.25, 0.3) is 0 Å². The van der Waals surface area contributed by atoms with Crippen LogP contribution in [-0.4, -0.2) is 5.79 Å². The molecule has 0 unspecified atom stereocenters. The van der Waals surface area contributed by atoms with Crippen LogP contribution in [0, 0.1) is 18.3 Å². The molecule has 3 aliphatic rings. The Bertz CT molecular complexity index is 1040. The lowest BCUT2D eigenvalue weighted by Crippen LogP contribution is -2.33. The summed E-state index contributed by atoms with van der Waals surface area (Å²) in [4.78, 5) is 0. The van der Waals surface area contributed by atoms with Crippen LogP contribution in [0.15, 0.2) is 84.9 Å². The Labute approximate surface area is 185 Å². The smallest absolute Gasteiger partial charge is 0.174 e. The van der Waals surface area contributed by atoms with Gasteiger partial charge in [-0.15, -0.1) is 0 Å². The highest BCUT2D eigenvalue weighted by atomic mass is 16.8. The zero-order chi connectivity index (χ0) is 21.3. The highest BCUT2D eigenvalue weighted by Gasteiger charge is 2.80. The van der Waals surface area contributed by atoms with Gasteiger partial charge in [-0.25, -0.2) is 0 Å². The molecule has 31 heavy (non-hydrogen) atoms. The van der Waals surface area contributed by atoms with Crippen molar-refractivity contribution in [3.63, 3.8) is 0 Å². The van der Waals surface area contributed by atoms with Crippen molar-refractivity contribution in [2.24, 2.45) is 11.3 Å². The maximum atomic E-state index is 7.00. The van der Waals surface area contributed by atoms with E-state index >= 15 is 0 Å². The van der Waals surface area contributed by atoms with Crippen molar-refractivity contribution < 1.29 is 9.47 Å². The summed E-state index contributed by atoms with van der Waals surface area (Å²) in [5.41, 5.74) is 5.38. The van der Waals surface area contributed by atoms with Crippen molar-refractivity contribution in [1.29, 1.82) is 0 Å². The van der Waals surface area contributed by atoms with E-state index in [1.54, 1.807) is 0 Å². The lowest BCUT2D eigenvalue weighted by molar-refractivity contribution is -0.192. The van der Waals surface area contributed by atoms with Crippen molar-refractivity contribution in [2.75, 3.05) is 0 Å². The average Bonchev–Trinajstić information content (AvgIpc) is 3.42. The summed E-state index contributed by atoms with van der Waals surface area (Å²) >= 11 is 0. The number of fused-ring (bicyclic) bond motifs is 2. The molecule has 1 spiro atoms. The molecule has 3 fully saturated rings. The monoisotopic (exact) mass is 410 g/mol. The van der Waals surface area contributed by atoms with E-state index in [9.17, 15) is 0 Å². The van der Waals surface area contributed by atoms with E-state index in [1.165, 1.54) is 22.3 Å². The molecule has 4 atom stereocenters. The summed E-state index contributed by atoms with van der Waals surface area (Å²) in [6, 6.07) is 30.3. The van der Waals surface area contributed by atoms with Gasteiger partial charge in [-0.1, -0.05) is 104 Å². The first-order valence-electron chi connectivity index (χ1n) is 11.5. The highest BCUT2D eigenvalue weighted by Crippen LogP contribution is 2.79. The molecule has 0 amide bonds. The van der Waals surface area contributed by atoms with Crippen LogP contribution in [0.5, 0.6) is 0 Å². The molecular weight excluding hydrogens is 380 g/mol. The first-order valence-corrected chi connectivity index (χ1v) is 11.5. The Morgan fingerprint density at radius 1 is 0.710 bits per heavy atom. The Hall–Kier alpha value is -2.42. The van der Waals surface area contributed by atoms with Crippen molar-refractivity contribution in [2.45, 2.75) is 57.0 Å². The Morgan fingerprint density at radius 3 is 1.71 bits per heavy atom. The quantitative estimate of drug-likeness (QED) is 0.467. The molecule has 1 aliphatic heterocycles. The Balaban J connectivity index is 1.42. The third-order valence-corrected chi connectivity index (χ3v) is 8.14. The molecule has 3 aromatic rings. The van der Waals surface area contributed by atoms with Crippen LogP contribution >= 0.6 is 0 Å². The minimum absolute atomic E-state index is 0.0891. The molecule has 0 radical (unpaired) electrons. The molecule has 2 heteroatoms. The van der Waals surface area contributed by atoms with Gasteiger partial charge in [0.15, 0.2) is 5.79 Å². The molecule has 0 aromatic heterocycles. The summed E-state index contributed by atoms with van der Waals surface area (Å²) in [7, 11) is 0. The number of ether oxygens (including phenoxy) is 2. The largest absolute Gasteiger partial charge is 0.339 e. The fourth-order valence-electron chi connectivity index (χ4n) is 6.60. The molecular formula is C29H30O2. The number of hydrogen-bond acceptors (Lipinski definition) is 2. The van der Waals surface area contributed by atoms with Crippen molar-refractivity contribution in [3.05, 3.63) is 107 Å². The van der Waals surface area contributed by atoms with E-state index in [1.807, 2.05) is 0 Å². The second-order valence-corrected chi connectivity index (χ2v) is 10.4. The molecule has 1 heterocycles. The van der Waals surface area contributed by atoms with Gasteiger partial charge in [0, 0.05) is 17.8 Å². The van der Waals surface area contributed by atoms with E-state index in [2.05, 4.69) is 106 Å². The van der Waals surface area contributed by atoms with E-state index in [-0.39, 0.29) is 23.0 Å². The van der Waals surface area contributed by atoms with Crippen molar-refractivity contribution in [1.82, 2.24) is 0 Å². The fourth-order valence-corrected chi connectivity index (χ4v) is 6.60. The molecule has 3 aromatic carbocycles. The normalized spacial score (nSPS) is 32.2. The van der Waals surface area contributed by atoms with E-state index < -0.39 is 5.79 Å². The van der Waals surface area contributed by atoms with Gasteiger partial charge in [0.2, 0.25) is 0 Å². The zero-order valence-electron chi connectivity index (χ0n) is 18.5. The van der Waals surface area contributed by atoms with E-state index in [4.69, 9.17) is 9.47 Å². The average molecular weight is 411 g/mol. The van der Waals surface area contributed by atoms with Crippen LogP contribution in [0.1, 0.15) is 61.2 Å². The number of rotatable bonds is 3. The van der Waals surface area contributed by atoms with Gasteiger partial charge >= 0.3 is 0 Å². The lowest BCUT2D eigenvalue weighted by atomic mass is 9.72. The maximum Gasteiger partial charge on any atom is 0.174 e. The predicted molar refractivity (Wildman–Crippen MR) is 123 cm³/mol. The summed E-state index contributed by atoms with van der Waals surface area (Å²) in [5.74, 6) is -0.146. The second kappa shape index (κ2) is 6.54. The standard InChI is InChI=1S/C29H30O2/c1-20-14-16-23(17-15-20)28-18-24(28)29(19-27(28,2)3)30-25(21-10-6-4-7-11-21)26(31-29)22-12-8-5-9-13-22/h4-17,24-26H,18-19H2,1-3H3/t24-,25+,26+,28-/m0/s1. The maximum absolute atomic E-state index is 7.00. The third-order valence-electron chi connectivity index (χ3n) is 8.14. The van der Waals surface area contributed by atoms with Gasteiger partial charge in [0.1, 0.15) is 12.2 Å². The van der Waals surface area contributed by atoms with Crippen LogP contribution < -0.4 is 0 Å². The molecule has 158 valence electrons. The van der Waals surface area contributed by atoms with Gasteiger partial charge in [-0.05, 0) is 35.4 Å². The van der Waals surface area contributed by atoms with Gasteiger partial charge in [-0.2, -0.15) is 0 Å². The van der Waals surface area contributed by atoms with Gasteiger partial charge < -0.3 is 9.47 Å².